The van der Waals surface area contributed by atoms with E-state index < -0.39 is 0 Å². The lowest BCUT2D eigenvalue weighted by molar-refractivity contribution is -0.126. The van der Waals surface area contributed by atoms with Gasteiger partial charge in [-0.2, -0.15) is 0 Å². The molecule has 1 aliphatic carbocycles. The Morgan fingerprint density at radius 3 is 2.76 bits per heavy atom. The van der Waals surface area contributed by atoms with Gasteiger partial charge in [0.25, 0.3) is 0 Å². The van der Waals surface area contributed by atoms with Crippen LogP contribution in [0.1, 0.15) is 45.6 Å². The highest BCUT2D eigenvalue weighted by atomic mass is 32.2. The van der Waals surface area contributed by atoms with Gasteiger partial charge in [0.2, 0.25) is 0 Å². The van der Waals surface area contributed by atoms with Crippen LogP contribution in [0.4, 0.5) is 5.69 Å². The zero-order valence-corrected chi connectivity index (χ0v) is 17.0. The Bertz CT molecular complexity index is 573. The van der Waals surface area contributed by atoms with Gasteiger partial charge in [-0.05, 0) is 54.5 Å². The van der Waals surface area contributed by atoms with E-state index >= 15 is 0 Å². The maximum Gasteiger partial charge on any atom is 0.140 e. The van der Waals surface area contributed by atoms with Crippen molar-refractivity contribution in [3.8, 4) is 0 Å². The number of nitrogens with one attached hydrogen (secondary N) is 1. The van der Waals surface area contributed by atoms with Crippen LogP contribution in [0, 0.1) is 23.7 Å². The first-order valence-corrected chi connectivity index (χ1v) is 10.8. The molecule has 0 amide bonds. The average molecular weight is 363 g/mol. The van der Waals surface area contributed by atoms with Crippen LogP contribution in [0.5, 0.6) is 0 Å². The van der Waals surface area contributed by atoms with Crippen molar-refractivity contribution in [1.82, 2.24) is 0 Å². The van der Waals surface area contributed by atoms with Crippen LogP contribution in [0.25, 0.3) is 0 Å². The van der Waals surface area contributed by atoms with Crippen molar-refractivity contribution >= 4 is 23.2 Å². The molecular weight excluding hydrogens is 328 g/mol. The van der Waals surface area contributed by atoms with Crippen LogP contribution in [-0.2, 0) is 11.2 Å². The van der Waals surface area contributed by atoms with E-state index in [2.05, 4.69) is 50.5 Å². The van der Waals surface area contributed by atoms with Crippen LogP contribution >= 0.6 is 11.8 Å². The van der Waals surface area contributed by atoms with E-state index in [0.29, 0.717) is 36.5 Å². The van der Waals surface area contributed by atoms with Gasteiger partial charge in [-0.3, -0.25) is 4.79 Å². The number of benzene rings is 1. The normalized spacial score (nSPS) is 23.7. The molecule has 0 radical (unpaired) electrons. The predicted molar refractivity (Wildman–Crippen MR) is 109 cm³/mol. The van der Waals surface area contributed by atoms with Crippen molar-refractivity contribution < 1.29 is 4.79 Å². The Balaban J connectivity index is 2.17. The fourth-order valence-electron chi connectivity index (χ4n) is 4.10. The van der Waals surface area contributed by atoms with Gasteiger partial charge in [0.05, 0.1) is 0 Å². The third-order valence-electron chi connectivity index (χ3n) is 5.58. The average Bonchev–Trinajstić information content (AvgIpc) is 2.60. The lowest BCUT2D eigenvalue weighted by atomic mass is 9.68. The molecule has 1 saturated carbocycles. The highest BCUT2D eigenvalue weighted by Gasteiger charge is 2.35. The molecule has 0 saturated heterocycles. The van der Waals surface area contributed by atoms with Crippen LogP contribution < -0.4 is 11.1 Å². The lowest BCUT2D eigenvalue weighted by Gasteiger charge is -2.36. The van der Waals surface area contributed by atoms with E-state index in [1.807, 2.05) is 0 Å². The number of rotatable bonds is 8. The number of hydrogen-bond donors (Lipinski definition) is 2. The van der Waals surface area contributed by atoms with Gasteiger partial charge in [0.1, 0.15) is 5.78 Å². The highest BCUT2D eigenvalue weighted by Crippen LogP contribution is 2.39. The summed E-state index contributed by atoms with van der Waals surface area (Å²) in [5.41, 5.74) is 7.82. The third-order valence-corrected chi connectivity index (χ3v) is 6.30. The van der Waals surface area contributed by atoms with E-state index in [9.17, 15) is 4.79 Å². The Kier molecular flexibility index (Phi) is 7.82. The molecule has 0 unspecified atom stereocenters. The summed E-state index contributed by atoms with van der Waals surface area (Å²) in [4.78, 5) is 14.4. The summed E-state index contributed by atoms with van der Waals surface area (Å²) in [6.45, 7) is 8.14. The number of hydrogen-bond acceptors (Lipinski definition) is 4. The lowest BCUT2D eigenvalue weighted by Crippen LogP contribution is -2.34. The first kappa shape index (κ1) is 20.3. The topological polar surface area (TPSA) is 55.1 Å². The molecule has 1 fully saturated rings. The van der Waals surface area contributed by atoms with Gasteiger partial charge in [0.15, 0.2) is 0 Å². The second kappa shape index (κ2) is 9.63. The molecule has 0 aliphatic heterocycles. The van der Waals surface area contributed by atoms with E-state index in [4.69, 9.17) is 5.73 Å². The minimum atomic E-state index is 0.214. The molecular formula is C21H34N2OS. The summed E-state index contributed by atoms with van der Waals surface area (Å²) in [5.74, 6) is 2.41. The number of anilines is 1. The summed E-state index contributed by atoms with van der Waals surface area (Å²) >= 11 is 1.72. The predicted octanol–water partition coefficient (Wildman–Crippen LogP) is 4.60. The third kappa shape index (κ3) is 5.49. The first-order chi connectivity index (χ1) is 12.0. The molecule has 1 aromatic rings. The summed E-state index contributed by atoms with van der Waals surface area (Å²) in [6.07, 6.45) is 6.11. The van der Waals surface area contributed by atoms with Crippen molar-refractivity contribution in [2.45, 2.75) is 51.3 Å². The summed E-state index contributed by atoms with van der Waals surface area (Å²) in [7, 11) is 0. The second-order valence-corrected chi connectivity index (χ2v) is 8.69. The van der Waals surface area contributed by atoms with Crippen LogP contribution in [-0.4, -0.2) is 25.1 Å². The fraction of sp³-hybridized carbons (Fsp3) is 0.667. The van der Waals surface area contributed by atoms with Crippen LogP contribution in [0.3, 0.4) is 0 Å². The van der Waals surface area contributed by atoms with Gasteiger partial charge >= 0.3 is 0 Å². The monoisotopic (exact) mass is 362 g/mol. The molecule has 2 rings (SSSR count). The summed E-state index contributed by atoms with van der Waals surface area (Å²) < 4.78 is 0. The SMILES string of the molecule is CSc1ccc(CC(=O)[C@@H]2C[C@H](C)CC[C@H]2C(C)C)c(NCCN)c1. The number of ketones is 1. The molecule has 140 valence electrons. The van der Waals surface area contributed by atoms with Crippen molar-refractivity contribution in [2.75, 3.05) is 24.7 Å². The maximum absolute atomic E-state index is 13.2. The first-order valence-electron chi connectivity index (χ1n) is 9.59. The van der Waals surface area contributed by atoms with E-state index in [0.717, 1.165) is 24.2 Å². The maximum atomic E-state index is 13.2. The molecule has 0 heterocycles. The standard InChI is InChI=1S/C21H34N2OS/c1-14(2)18-8-5-15(3)11-19(18)21(24)12-16-6-7-17(25-4)13-20(16)23-10-9-22/h6-7,13-15,18-19,23H,5,8-12,22H2,1-4H3/t15-,18+,19-/m1/s1. The highest BCUT2D eigenvalue weighted by molar-refractivity contribution is 7.98. The minimum absolute atomic E-state index is 0.214. The molecule has 1 aromatic carbocycles. The molecule has 4 heteroatoms. The Morgan fingerprint density at radius 1 is 1.36 bits per heavy atom. The van der Waals surface area contributed by atoms with E-state index in [1.54, 1.807) is 11.8 Å². The molecule has 0 spiro atoms. The number of carbonyl (C=O) groups excluding carboxylic acids is 1. The molecule has 1 aliphatic rings. The minimum Gasteiger partial charge on any atom is -0.384 e. The molecule has 3 N–H and O–H groups in total. The Morgan fingerprint density at radius 2 is 2.12 bits per heavy atom. The van der Waals surface area contributed by atoms with Gasteiger partial charge in [-0.15, -0.1) is 11.8 Å². The van der Waals surface area contributed by atoms with Crippen LogP contribution in [0.2, 0.25) is 0 Å². The summed E-state index contributed by atoms with van der Waals surface area (Å²) in [5, 5.41) is 3.40. The number of nitrogens with two attached hydrogens (primary N) is 1. The Hall–Kier alpha value is -1.00. The van der Waals surface area contributed by atoms with Crippen LogP contribution in [0.15, 0.2) is 23.1 Å². The van der Waals surface area contributed by atoms with Gasteiger partial charge < -0.3 is 11.1 Å². The quantitative estimate of drug-likeness (QED) is 0.664. The number of thioether (sulfide) groups is 1. The molecule has 3 nitrogen and oxygen atoms in total. The van der Waals surface area contributed by atoms with Gasteiger partial charge in [-0.1, -0.05) is 33.3 Å². The van der Waals surface area contributed by atoms with Gasteiger partial charge in [-0.25, -0.2) is 0 Å². The van der Waals surface area contributed by atoms with Crippen molar-refractivity contribution in [3.05, 3.63) is 23.8 Å². The molecule has 0 aromatic heterocycles. The number of Topliss-reactive ketones (excluding diaryl/α,β-unsaturated/α-hetero) is 1. The summed E-state index contributed by atoms with van der Waals surface area (Å²) in [6, 6.07) is 6.37. The van der Waals surface area contributed by atoms with E-state index in [-0.39, 0.29) is 5.92 Å². The van der Waals surface area contributed by atoms with Crippen molar-refractivity contribution in [2.24, 2.45) is 29.4 Å². The van der Waals surface area contributed by atoms with Gasteiger partial charge in [0, 0.05) is 36.0 Å². The number of carbonyl (C=O) groups is 1. The molecule has 0 bridgehead atoms. The zero-order valence-electron chi connectivity index (χ0n) is 16.2. The van der Waals surface area contributed by atoms with E-state index in [1.165, 1.54) is 17.7 Å². The fourth-order valence-corrected chi connectivity index (χ4v) is 4.54. The smallest absolute Gasteiger partial charge is 0.140 e. The molecule has 25 heavy (non-hydrogen) atoms. The zero-order chi connectivity index (χ0) is 18.4. The largest absolute Gasteiger partial charge is 0.384 e. The van der Waals surface area contributed by atoms with Crippen molar-refractivity contribution in [1.29, 1.82) is 0 Å². The molecule has 3 atom stereocenters. The van der Waals surface area contributed by atoms with Crippen molar-refractivity contribution in [3.63, 3.8) is 0 Å². The second-order valence-electron chi connectivity index (χ2n) is 7.81. The Labute approximate surface area is 157 Å².